The highest BCUT2D eigenvalue weighted by Gasteiger charge is 2.20. The van der Waals surface area contributed by atoms with Crippen molar-refractivity contribution in [2.24, 2.45) is 0 Å². The number of hydrogen-bond acceptors (Lipinski definition) is 3. The average Bonchev–Trinajstić information content (AvgIpc) is 2.46. The summed E-state index contributed by atoms with van der Waals surface area (Å²) in [5.74, 6) is 0. The van der Waals surface area contributed by atoms with Crippen LogP contribution < -0.4 is 10.0 Å². The fraction of sp³-hybridized carbons (Fsp3) is 0.0714. The lowest BCUT2D eigenvalue weighted by molar-refractivity contribution is 0.256. The van der Waals surface area contributed by atoms with Crippen LogP contribution in [0.15, 0.2) is 41.3 Å². The van der Waals surface area contributed by atoms with Gasteiger partial charge in [-0.15, -0.1) is 0 Å². The van der Waals surface area contributed by atoms with Gasteiger partial charge in [0.05, 0.1) is 20.0 Å². The maximum Gasteiger partial charge on any atom is 0.333 e. The Hall–Kier alpha value is -1.47. The third-order valence-electron chi connectivity index (χ3n) is 2.80. The van der Waals surface area contributed by atoms with Crippen LogP contribution in [0.1, 0.15) is 5.56 Å². The number of carbonyl (C=O) groups excluding carboxylic acids is 1. The van der Waals surface area contributed by atoms with Crippen molar-refractivity contribution in [3.8, 4) is 0 Å². The molecule has 2 aromatic carbocycles. The molecule has 2 N–H and O–H groups in total. The molecule has 0 aliphatic carbocycles. The van der Waals surface area contributed by atoms with Crippen LogP contribution in [0.4, 0.5) is 10.5 Å². The standard InChI is InChI=1S/C14H11Cl3N2O3S/c1-8-2-4-9(5-3-8)18-14(20)19-23(21,22)10-6-11(15)13(17)12(16)7-10/h2-7H,1H3,(H2,18,19,20). The number of halogens is 3. The molecule has 0 saturated heterocycles. The van der Waals surface area contributed by atoms with E-state index >= 15 is 0 Å². The number of nitrogens with one attached hydrogen (secondary N) is 2. The van der Waals surface area contributed by atoms with E-state index in [4.69, 9.17) is 34.8 Å². The Labute approximate surface area is 148 Å². The lowest BCUT2D eigenvalue weighted by Gasteiger charge is -2.10. The SMILES string of the molecule is Cc1ccc(NC(=O)NS(=O)(=O)c2cc(Cl)c(Cl)c(Cl)c2)cc1. The van der Waals surface area contributed by atoms with Crippen molar-refractivity contribution < 1.29 is 13.2 Å². The van der Waals surface area contributed by atoms with E-state index in [2.05, 4.69) is 5.32 Å². The van der Waals surface area contributed by atoms with E-state index < -0.39 is 16.1 Å². The van der Waals surface area contributed by atoms with Gasteiger partial charge in [0.15, 0.2) is 0 Å². The predicted octanol–water partition coefficient (Wildman–Crippen LogP) is 4.47. The first-order chi connectivity index (χ1) is 10.7. The van der Waals surface area contributed by atoms with Crippen LogP contribution in [0.2, 0.25) is 15.1 Å². The van der Waals surface area contributed by atoms with Gasteiger partial charge in [-0.25, -0.2) is 17.9 Å². The molecule has 0 unspecified atom stereocenters. The largest absolute Gasteiger partial charge is 0.333 e. The second kappa shape index (κ2) is 6.97. The van der Waals surface area contributed by atoms with Crippen molar-refractivity contribution in [3.05, 3.63) is 57.0 Å². The molecular weight excluding hydrogens is 383 g/mol. The zero-order valence-electron chi connectivity index (χ0n) is 11.7. The second-order valence-electron chi connectivity index (χ2n) is 4.63. The van der Waals surface area contributed by atoms with E-state index in [1.54, 1.807) is 24.3 Å². The van der Waals surface area contributed by atoms with Crippen LogP contribution >= 0.6 is 34.8 Å². The van der Waals surface area contributed by atoms with Gasteiger partial charge in [-0.3, -0.25) is 0 Å². The normalized spacial score (nSPS) is 11.1. The summed E-state index contributed by atoms with van der Waals surface area (Å²) in [7, 11) is -4.14. The summed E-state index contributed by atoms with van der Waals surface area (Å²) in [6, 6.07) is 8.17. The highest BCUT2D eigenvalue weighted by molar-refractivity contribution is 7.90. The van der Waals surface area contributed by atoms with Crippen molar-refractivity contribution >= 4 is 56.5 Å². The van der Waals surface area contributed by atoms with E-state index in [-0.39, 0.29) is 20.0 Å². The first-order valence-corrected chi connectivity index (χ1v) is 8.86. The Bertz CT molecular complexity index is 829. The molecule has 2 aromatic rings. The summed E-state index contributed by atoms with van der Waals surface area (Å²) in [6.45, 7) is 1.89. The molecule has 0 saturated carbocycles. The first kappa shape index (κ1) is 17.9. The van der Waals surface area contributed by atoms with E-state index in [9.17, 15) is 13.2 Å². The number of hydrogen-bond donors (Lipinski definition) is 2. The zero-order chi connectivity index (χ0) is 17.2. The minimum atomic E-state index is -4.14. The monoisotopic (exact) mass is 392 g/mol. The highest BCUT2D eigenvalue weighted by Crippen LogP contribution is 2.32. The maximum atomic E-state index is 12.2. The molecule has 23 heavy (non-hydrogen) atoms. The van der Waals surface area contributed by atoms with E-state index in [1.807, 2.05) is 11.6 Å². The Kier molecular flexibility index (Phi) is 5.41. The van der Waals surface area contributed by atoms with Crippen LogP contribution in [-0.2, 0) is 10.0 Å². The quantitative estimate of drug-likeness (QED) is 0.756. The number of anilines is 1. The second-order valence-corrected chi connectivity index (χ2v) is 7.50. The summed E-state index contributed by atoms with van der Waals surface area (Å²) in [6.07, 6.45) is 0. The van der Waals surface area contributed by atoms with Gasteiger partial charge in [0.1, 0.15) is 0 Å². The third kappa shape index (κ3) is 4.51. The first-order valence-electron chi connectivity index (χ1n) is 6.24. The molecule has 0 spiro atoms. The van der Waals surface area contributed by atoms with Crippen molar-refractivity contribution in [2.45, 2.75) is 11.8 Å². The van der Waals surface area contributed by atoms with E-state index in [0.717, 1.165) is 17.7 Å². The minimum Gasteiger partial charge on any atom is -0.307 e. The van der Waals surface area contributed by atoms with Gasteiger partial charge in [-0.05, 0) is 31.2 Å². The van der Waals surface area contributed by atoms with E-state index in [0.29, 0.717) is 5.69 Å². The van der Waals surface area contributed by atoms with Crippen molar-refractivity contribution in [1.82, 2.24) is 4.72 Å². The lowest BCUT2D eigenvalue weighted by atomic mass is 10.2. The number of aryl methyl sites for hydroxylation is 1. The molecule has 0 aliphatic rings. The van der Waals surface area contributed by atoms with Crippen LogP contribution in [-0.4, -0.2) is 14.4 Å². The van der Waals surface area contributed by atoms with Crippen LogP contribution in [0.25, 0.3) is 0 Å². The Balaban J connectivity index is 2.17. The Morgan fingerprint density at radius 3 is 2.04 bits per heavy atom. The number of urea groups is 1. The van der Waals surface area contributed by atoms with Gasteiger partial charge in [-0.1, -0.05) is 52.5 Å². The summed E-state index contributed by atoms with van der Waals surface area (Å²) in [5.41, 5.74) is 1.46. The molecular formula is C14H11Cl3N2O3S. The Morgan fingerprint density at radius 2 is 1.52 bits per heavy atom. The number of rotatable bonds is 3. The van der Waals surface area contributed by atoms with Gasteiger partial charge in [-0.2, -0.15) is 0 Å². The molecule has 0 fully saturated rings. The fourth-order valence-corrected chi connectivity index (χ4v) is 3.35. The van der Waals surface area contributed by atoms with Crippen molar-refractivity contribution in [3.63, 3.8) is 0 Å². The average molecular weight is 394 g/mol. The zero-order valence-corrected chi connectivity index (χ0v) is 14.8. The van der Waals surface area contributed by atoms with E-state index in [1.165, 1.54) is 0 Å². The fourth-order valence-electron chi connectivity index (χ4n) is 1.66. The van der Waals surface area contributed by atoms with Crippen LogP contribution in [0.3, 0.4) is 0 Å². The number of benzene rings is 2. The lowest BCUT2D eigenvalue weighted by Crippen LogP contribution is -2.34. The van der Waals surface area contributed by atoms with Gasteiger partial charge in [0, 0.05) is 5.69 Å². The summed E-state index contributed by atoms with van der Waals surface area (Å²) in [4.78, 5) is 11.6. The molecule has 2 rings (SSSR count). The Morgan fingerprint density at radius 1 is 1.00 bits per heavy atom. The summed E-state index contributed by atoms with van der Waals surface area (Å²) < 4.78 is 26.2. The molecule has 9 heteroatoms. The third-order valence-corrected chi connectivity index (χ3v) is 5.31. The number of sulfonamides is 1. The number of carbonyl (C=O) groups is 1. The topological polar surface area (TPSA) is 75.3 Å². The molecule has 0 heterocycles. The van der Waals surface area contributed by atoms with Gasteiger partial charge >= 0.3 is 6.03 Å². The molecule has 0 bridgehead atoms. The molecule has 0 atom stereocenters. The maximum absolute atomic E-state index is 12.2. The van der Waals surface area contributed by atoms with Gasteiger partial charge in [0.2, 0.25) is 0 Å². The van der Waals surface area contributed by atoms with Gasteiger partial charge < -0.3 is 5.32 Å². The molecule has 5 nitrogen and oxygen atoms in total. The molecule has 0 aromatic heterocycles. The van der Waals surface area contributed by atoms with Crippen LogP contribution in [0, 0.1) is 6.92 Å². The molecule has 122 valence electrons. The smallest absolute Gasteiger partial charge is 0.307 e. The summed E-state index contributed by atoms with van der Waals surface area (Å²) in [5, 5.41) is 2.39. The predicted molar refractivity (Wildman–Crippen MR) is 92.0 cm³/mol. The molecule has 0 aliphatic heterocycles. The number of amides is 2. The van der Waals surface area contributed by atoms with Crippen molar-refractivity contribution in [2.75, 3.05) is 5.32 Å². The van der Waals surface area contributed by atoms with Crippen LogP contribution in [0.5, 0.6) is 0 Å². The summed E-state index contributed by atoms with van der Waals surface area (Å²) >= 11 is 17.4. The van der Waals surface area contributed by atoms with Crippen molar-refractivity contribution in [1.29, 1.82) is 0 Å². The molecule has 0 radical (unpaired) electrons. The highest BCUT2D eigenvalue weighted by atomic mass is 35.5. The van der Waals surface area contributed by atoms with Gasteiger partial charge in [0.25, 0.3) is 10.0 Å². The molecule has 2 amide bonds. The minimum absolute atomic E-state index is 0.0292.